The minimum absolute atomic E-state index is 0.0793. The maximum Gasteiger partial charge on any atom is 0.337 e. The lowest BCUT2D eigenvalue weighted by Gasteiger charge is -2.12. The van der Waals surface area contributed by atoms with Crippen LogP contribution in [0.5, 0.6) is 0 Å². The maximum atomic E-state index is 11.8. The number of anilines is 1. The summed E-state index contributed by atoms with van der Waals surface area (Å²) in [6.07, 6.45) is 0. The highest BCUT2D eigenvalue weighted by atomic mass is 32.1. The van der Waals surface area contributed by atoms with Gasteiger partial charge in [0.1, 0.15) is 0 Å². The Morgan fingerprint density at radius 2 is 2.10 bits per heavy atom. The molecule has 2 rings (SSSR count). The molecule has 0 aliphatic carbocycles. The topological polar surface area (TPSA) is 78.4 Å². The molecule has 0 saturated carbocycles. The molecule has 104 valence electrons. The Hall–Kier alpha value is -2.34. The Kier molecular flexibility index (Phi) is 4.37. The van der Waals surface area contributed by atoms with Crippen LogP contribution >= 0.6 is 11.3 Å². The number of carboxylic acid groups (broad SMARTS) is 1. The summed E-state index contributed by atoms with van der Waals surface area (Å²) in [5.41, 5.74) is 2.11. The molecule has 0 radical (unpaired) electrons. The Labute approximate surface area is 120 Å². The first kappa shape index (κ1) is 14.1. The molecule has 1 aromatic carbocycles. The second-order valence-electron chi connectivity index (χ2n) is 4.24. The van der Waals surface area contributed by atoms with Crippen molar-refractivity contribution in [3.8, 4) is 0 Å². The van der Waals surface area contributed by atoms with Crippen molar-refractivity contribution in [2.24, 2.45) is 0 Å². The van der Waals surface area contributed by atoms with Crippen molar-refractivity contribution in [2.75, 3.05) is 5.32 Å². The number of urea groups is 1. The van der Waals surface area contributed by atoms with Gasteiger partial charge in [0.15, 0.2) is 0 Å². The zero-order valence-corrected chi connectivity index (χ0v) is 11.7. The van der Waals surface area contributed by atoms with Crippen molar-refractivity contribution < 1.29 is 14.7 Å². The van der Waals surface area contributed by atoms with Gasteiger partial charge in [-0.15, -0.1) is 0 Å². The van der Waals surface area contributed by atoms with E-state index in [0.29, 0.717) is 17.8 Å². The Bertz CT molecular complexity index is 623. The number of aromatic carboxylic acids is 1. The number of carbonyl (C=O) groups is 2. The Morgan fingerprint density at radius 1 is 1.30 bits per heavy atom. The third kappa shape index (κ3) is 3.36. The maximum absolute atomic E-state index is 11.8. The van der Waals surface area contributed by atoms with Crippen molar-refractivity contribution in [1.82, 2.24) is 5.32 Å². The lowest BCUT2D eigenvalue weighted by Crippen LogP contribution is -2.29. The minimum Gasteiger partial charge on any atom is -0.478 e. The largest absolute Gasteiger partial charge is 0.478 e. The number of thiophene rings is 1. The van der Waals surface area contributed by atoms with Crippen molar-refractivity contribution in [3.63, 3.8) is 0 Å². The second kappa shape index (κ2) is 6.21. The molecule has 0 aliphatic rings. The van der Waals surface area contributed by atoms with Crippen LogP contribution in [0, 0.1) is 6.92 Å². The lowest BCUT2D eigenvalue weighted by atomic mass is 10.1. The van der Waals surface area contributed by atoms with Gasteiger partial charge in [-0.2, -0.15) is 11.3 Å². The summed E-state index contributed by atoms with van der Waals surface area (Å²) in [6.45, 7) is 2.16. The van der Waals surface area contributed by atoms with Gasteiger partial charge in [0, 0.05) is 6.54 Å². The van der Waals surface area contributed by atoms with Gasteiger partial charge in [0.05, 0.1) is 11.3 Å². The molecule has 0 aliphatic heterocycles. The molecule has 0 saturated heterocycles. The molecule has 1 heterocycles. The number of carboxylic acids is 1. The van der Waals surface area contributed by atoms with Crippen molar-refractivity contribution in [3.05, 3.63) is 51.7 Å². The van der Waals surface area contributed by atoms with E-state index in [1.807, 2.05) is 16.8 Å². The van der Waals surface area contributed by atoms with E-state index >= 15 is 0 Å². The standard InChI is InChI=1S/C14H14N2O3S/c1-9-3-2-4-11(13(17)18)12(9)16-14(19)15-7-10-5-6-20-8-10/h2-6,8H,7H2,1H3,(H,17,18)(H2,15,16,19). The second-order valence-corrected chi connectivity index (χ2v) is 5.02. The number of hydrogen-bond acceptors (Lipinski definition) is 3. The van der Waals surface area contributed by atoms with Crippen LogP contribution in [0.4, 0.5) is 10.5 Å². The first-order valence-corrected chi connectivity index (χ1v) is 6.91. The van der Waals surface area contributed by atoms with E-state index in [2.05, 4.69) is 10.6 Å². The van der Waals surface area contributed by atoms with Gasteiger partial charge in [-0.05, 0) is 40.9 Å². The molecule has 0 bridgehead atoms. The van der Waals surface area contributed by atoms with Gasteiger partial charge in [-0.25, -0.2) is 9.59 Å². The van der Waals surface area contributed by atoms with E-state index in [-0.39, 0.29) is 5.56 Å². The highest BCUT2D eigenvalue weighted by molar-refractivity contribution is 7.07. The molecule has 3 N–H and O–H groups in total. The fraction of sp³-hybridized carbons (Fsp3) is 0.143. The molecular formula is C14H14N2O3S. The number of para-hydroxylation sites is 1. The van der Waals surface area contributed by atoms with Crippen LogP contribution in [0.2, 0.25) is 0 Å². The highest BCUT2D eigenvalue weighted by Crippen LogP contribution is 2.20. The van der Waals surface area contributed by atoms with Gasteiger partial charge >= 0.3 is 12.0 Å². The quantitative estimate of drug-likeness (QED) is 0.809. The van der Waals surface area contributed by atoms with E-state index in [1.165, 1.54) is 6.07 Å². The summed E-state index contributed by atoms with van der Waals surface area (Å²) in [4.78, 5) is 23.0. The van der Waals surface area contributed by atoms with Gasteiger partial charge in [-0.3, -0.25) is 0 Å². The number of amides is 2. The number of benzene rings is 1. The summed E-state index contributed by atoms with van der Waals surface area (Å²) >= 11 is 1.55. The average Bonchev–Trinajstić information content (AvgIpc) is 2.91. The van der Waals surface area contributed by atoms with Crippen LogP contribution in [0.1, 0.15) is 21.5 Å². The SMILES string of the molecule is Cc1cccc(C(=O)O)c1NC(=O)NCc1ccsc1. The molecule has 6 heteroatoms. The zero-order chi connectivity index (χ0) is 14.5. The van der Waals surface area contributed by atoms with Crippen LogP contribution in [0.15, 0.2) is 35.0 Å². The number of nitrogens with one attached hydrogen (secondary N) is 2. The molecule has 0 unspecified atom stereocenters. The minimum atomic E-state index is -1.07. The van der Waals surface area contributed by atoms with Crippen LogP contribution in [-0.4, -0.2) is 17.1 Å². The van der Waals surface area contributed by atoms with Gasteiger partial charge in [0.25, 0.3) is 0 Å². The summed E-state index contributed by atoms with van der Waals surface area (Å²) in [5, 5.41) is 18.3. The van der Waals surface area contributed by atoms with E-state index in [1.54, 1.807) is 30.4 Å². The number of hydrogen-bond donors (Lipinski definition) is 3. The Morgan fingerprint density at radius 3 is 2.75 bits per heavy atom. The first-order chi connectivity index (χ1) is 9.58. The molecule has 2 amide bonds. The molecule has 20 heavy (non-hydrogen) atoms. The smallest absolute Gasteiger partial charge is 0.337 e. The van der Waals surface area contributed by atoms with Crippen molar-refractivity contribution in [1.29, 1.82) is 0 Å². The zero-order valence-electron chi connectivity index (χ0n) is 10.8. The molecule has 0 spiro atoms. The van der Waals surface area contributed by atoms with Crippen LogP contribution < -0.4 is 10.6 Å². The molecule has 0 fully saturated rings. The summed E-state index contributed by atoms with van der Waals surface area (Å²) in [6, 6.07) is 6.35. The molecule has 2 aromatic rings. The monoisotopic (exact) mass is 290 g/mol. The lowest BCUT2D eigenvalue weighted by molar-refractivity contribution is 0.0698. The third-order valence-corrected chi connectivity index (χ3v) is 3.51. The van der Waals surface area contributed by atoms with Gasteiger partial charge < -0.3 is 15.7 Å². The van der Waals surface area contributed by atoms with Crippen molar-refractivity contribution >= 4 is 29.0 Å². The molecule has 5 nitrogen and oxygen atoms in total. The number of aryl methyl sites for hydroxylation is 1. The third-order valence-electron chi connectivity index (χ3n) is 2.77. The fourth-order valence-electron chi connectivity index (χ4n) is 1.75. The van der Waals surface area contributed by atoms with Gasteiger partial charge in [0.2, 0.25) is 0 Å². The van der Waals surface area contributed by atoms with E-state index in [0.717, 1.165) is 5.56 Å². The van der Waals surface area contributed by atoms with Gasteiger partial charge in [-0.1, -0.05) is 12.1 Å². The predicted octanol–water partition coefficient (Wildman–Crippen LogP) is 3.08. The normalized spacial score (nSPS) is 10.1. The van der Waals surface area contributed by atoms with Crippen molar-refractivity contribution in [2.45, 2.75) is 13.5 Å². The van der Waals surface area contributed by atoms with E-state index < -0.39 is 12.0 Å². The molecule has 1 aromatic heterocycles. The van der Waals surface area contributed by atoms with Crippen LogP contribution in [-0.2, 0) is 6.54 Å². The van der Waals surface area contributed by atoms with E-state index in [4.69, 9.17) is 5.11 Å². The molecular weight excluding hydrogens is 276 g/mol. The molecule has 0 atom stereocenters. The Balaban J connectivity index is 2.06. The summed E-state index contributed by atoms with van der Waals surface area (Å²) in [5.74, 6) is -1.07. The van der Waals surface area contributed by atoms with Crippen LogP contribution in [0.25, 0.3) is 0 Å². The highest BCUT2D eigenvalue weighted by Gasteiger charge is 2.14. The summed E-state index contributed by atoms with van der Waals surface area (Å²) in [7, 11) is 0. The predicted molar refractivity (Wildman–Crippen MR) is 78.3 cm³/mol. The fourth-order valence-corrected chi connectivity index (χ4v) is 2.41. The average molecular weight is 290 g/mol. The summed E-state index contributed by atoms with van der Waals surface area (Å²) < 4.78 is 0. The number of rotatable bonds is 4. The van der Waals surface area contributed by atoms with E-state index in [9.17, 15) is 9.59 Å². The van der Waals surface area contributed by atoms with Crippen LogP contribution in [0.3, 0.4) is 0 Å². The first-order valence-electron chi connectivity index (χ1n) is 5.97. The number of carbonyl (C=O) groups excluding carboxylic acids is 1.